The Kier molecular flexibility index (Phi) is 4.65. The van der Waals surface area contributed by atoms with Gasteiger partial charge in [-0.25, -0.2) is 4.68 Å². The van der Waals surface area contributed by atoms with E-state index in [1.807, 2.05) is 0 Å². The number of esters is 1. The Morgan fingerprint density at radius 3 is 2.58 bits per heavy atom. The zero-order chi connectivity index (χ0) is 16.9. The summed E-state index contributed by atoms with van der Waals surface area (Å²) in [6.07, 6.45) is 2.53. The van der Waals surface area contributed by atoms with Gasteiger partial charge in [-0.2, -0.15) is 0 Å². The van der Waals surface area contributed by atoms with Crippen molar-refractivity contribution in [2.75, 3.05) is 0 Å². The number of carbonyl (C=O) groups excluding carboxylic acids is 1. The summed E-state index contributed by atoms with van der Waals surface area (Å²) in [6, 6.07) is 13.3. The second-order valence-electron chi connectivity index (χ2n) is 5.65. The Labute approximate surface area is 140 Å². The van der Waals surface area contributed by atoms with Gasteiger partial charge in [0.2, 0.25) is 0 Å². The molecular formula is C18H18N4O2. The molecule has 6 heteroatoms. The summed E-state index contributed by atoms with van der Waals surface area (Å²) in [5.41, 5.74) is 4.40. The molecule has 0 unspecified atom stereocenters. The van der Waals surface area contributed by atoms with Crippen molar-refractivity contribution in [2.24, 2.45) is 0 Å². The average Bonchev–Trinajstić information content (AvgIpc) is 3.09. The van der Waals surface area contributed by atoms with Crippen LogP contribution in [0.4, 0.5) is 0 Å². The van der Waals surface area contributed by atoms with Gasteiger partial charge in [-0.05, 0) is 66.1 Å². The third-order valence-corrected chi connectivity index (χ3v) is 3.78. The molecule has 0 aliphatic rings. The molecule has 0 saturated carbocycles. The zero-order valence-electron chi connectivity index (χ0n) is 13.6. The molecule has 0 atom stereocenters. The van der Waals surface area contributed by atoms with Gasteiger partial charge in [0.1, 0.15) is 12.1 Å². The van der Waals surface area contributed by atoms with Gasteiger partial charge in [0.25, 0.3) is 0 Å². The summed E-state index contributed by atoms with van der Waals surface area (Å²) in [7, 11) is 0. The Morgan fingerprint density at radius 2 is 1.92 bits per heavy atom. The Balaban J connectivity index is 1.56. The summed E-state index contributed by atoms with van der Waals surface area (Å²) in [5, 5.41) is 11.0. The van der Waals surface area contributed by atoms with E-state index in [1.54, 1.807) is 24.3 Å². The van der Waals surface area contributed by atoms with Crippen molar-refractivity contribution < 1.29 is 9.53 Å². The van der Waals surface area contributed by atoms with Crippen molar-refractivity contribution >= 4 is 5.97 Å². The van der Waals surface area contributed by atoms with Crippen LogP contribution in [0, 0.1) is 13.8 Å². The van der Waals surface area contributed by atoms with Crippen LogP contribution in [0.2, 0.25) is 0 Å². The van der Waals surface area contributed by atoms with E-state index in [0.717, 1.165) is 5.69 Å². The third-order valence-electron chi connectivity index (χ3n) is 3.78. The van der Waals surface area contributed by atoms with Crippen molar-refractivity contribution in [1.82, 2.24) is 20.2 Å². The Hall–Kier alpha value is -3.02. The molecule has 6 nitrogen and oxygen atoms in total. The van der Waals surface area contributed by atoms with Crippen LogP contribution in [0.5, 0.6) is 5.75 Å². The molecule has 0 bridgehead atoms. The monoisotopic (exact) mass is 322 g/mol. The second-order valence-corrected chi connectivity index (χ2v) is 5.65. The quantitative estimate of drug-likeness (QED) is 0.533. The number of hydrogen-bond donors (Lipinski definition) is 0. The van der Waals surface area contributed by atoms with Gasteiger partial charge in [-0.3, -0.25) is 4.79 Å². The molecule has 3 aromatic rings. The molecule has 122 valence electrons. The third kappa shape index (κ3) is 3.84. The molecule has 0 aliphatic heterocycles. The predicted molar refractivity (Wildman–Crippen MR) is 89.0 cm³/mol. The summed E-state index contributed by atoms with van der Waals surface area (Å²) >= 11 is 0. The molecule has 0 radical (unpaired) electrons. The molecule has 1 aromatic heterocycles. The van der Waals surface area contributed by atoms with Crippen LogP contribution in [0.15, 0.2) is 48.8 Å². The first-order chi connectivity index (χ1) is 11.6. The maximum atomic E-state index is 12.0. The molecule has 0 saturated heterocycles. The van der Waals surface area contributed by atoms with Crippen molar-refractivity contribution in [1.29, 1.82) is 0 Å². The summed E-state index contributed by atoms with van der Waals surface area (Å²) in [4.78, 5) is 12.0. The highest BCUT2D eigenvalue weighted by Gasteiger charge is 2.08. The SMILES string of the molecule is Cc1ccc(CCC(=O)Oc2ccc(-n3cnnn3)cc2)c(C)c1. The molecule has 2 aromatic carbocycles. The van der Waals surface area contributed by atoms with E-state index in [2.05, 4.69) is 47.6 Å². The fourth-order valence-electron chi connectivity index (χ4n) is 2.49. The van der Waals surface area contributed by atoms with Crippen LogP contribution in [0.25, 0.3) is 5.69 Å². The standard InChI is InChI=1S/C18H18N4O2/c1-13-3-4-15(14(2)11-13)5-10-18(23)24-17-8-6-16(7-9-17)22-12-19-20-21-22/h3-4,6-9,11-12H,5,10H2,1-2H3. The highest BCUT2D eigenvalue weighted by atomic mass is 16.5. The largest absolute Gasteiger partial charge is 0.427 e. The lowest BCUT2D eigenvalue weighted by atomic mass is 10.0. The number of nitrogens with zero attached hydrogens (tertiary/aromatic N) is 4. The molecule has 3 rings (SSSR count). The topological polar surface area (TPSA) is 69.9 Å². The number of carbonyl (C=O) groups is 1. The van der Waals surface area contributed by atoms with Crippen LogP contribution in [0.3, 0.4) is 0 Å². The lowest BCUT2D eigenvalue weighted by Gasteiger charge is -2.08. The first kappa shape index (κ1) is 15.9. The van der Waals surface area contributed by atoms with Gasteiger partial charge in [0.05, 0.1) is 5.69 Å². The minimum Gasteiger partial charge on any atom is -0.427 e. The van der Waals surface area contributed by atoms with Crippen LogP contribution in [-0.4, -0.2) is 26.2 Å². The highest BCUT2D eigenvalue weighted by molar-refractivity contribution is 5.72. The van der Waals surface area contributed by atoms with Gasteiger partial charge >= 0.3 is 5.97 Å². The average molecular weight is 322 g/mol. The van der Waals surface area contributed by atoms with E-state index < -0.39 is 0 Å². The van der Waals surface area contributed by atoms with Gasteiger partial charge in [0.15, 0.2) is 0 Å². The van der Waals surface area contributed by atoms with Crippen molar-refractivity contribution in [3.8, 4) is 11.4 Å². The smallest absolute Gasteiger partial charge is 0.311 e. The summed E-state index contributed by atoms with van der Waals surface area (Å²) in [6.45, 7) is 4.12. The molecule has 0 aliphatic carbocycles. The van der Waals surface area contributed by atoms with Gasteiger partial charge in [-0.1, -0.05) is 23.8 Å². The van der Waals surface area contributed by atoms with Crippen molar-refractivity contribution in [2.45, 2.75) is 26.7 Å². The van der Waals surface area contributed by atoms with Gasteiger partial charge < -0.3 is 4.74 Å². The van der Waals surface area contributed by atoms with E-state index >= 15 is 0 Å². The number of ether oxygens (including phenoxy) is 1. The molecular weight excluding hydrogens is 304 g/mol. The van der Waals surface area contributed by atoms with Gasteiger partial charge in [0, 0.05) is 6.42 Å². The molecule has 0 N–H and O–H groups in total. The molecule has 24 heavy (non-hydrogen) atoms. The van der Waals surface area contributed by atoms with E-state index in [0.29, 0.717) is 18.6 Å². The lowest BCUT2D eigenvalue weighted by Crippen LogP contribution is -2.09. The van der Waals surface area contributed by atoms with E-state index in [1.165, 1.54) is 27.7 Å². The summed E-state index contributed by atoms with van der Waals surface area (Å²) in [5.74, 6) is 0.266. The van der Waals surface area contributed by atoms with Gasteiger partial charge in [-0.15, -0.1) is 5.10 Å². The zero-order valence-corrected chi connectivity index (χ0v) is 13.6. The molecule has 1 heterocycles. The maximum Gasteiger partial charge on any atom is 0.311 e. The Bertz CT molecular complexity index is 827. The van der Waals surface area contributed by atoms with E-state index in [4.69, 9.17) is 4.74 Å². The number of aryl methyl sites for hydroxylation is 3. The molecule has 0 amide bonds. The van der Waals surface area contributed by atoms with E-state index in [-0.39, 0.29) is 5.97 Å². The minimum atomic E-state index is -0.245. The van der Waals surface area contributed by atoms with Crippen molar-refractivity contribution in [3.63, 3.8) is 0 Å². The highest BCUT2D eigenvalue weighted by Crippen LogP contribution is 2.16. The van der Waals surface area contributed by atoms with Crippen LogP contribution in [0.1, 0.15) is 23.1 Å². The minimum absolute atomic E-state index is 0.245. The van der Waals surface area contributed by atoms with Crippen LogP contribution >= 0.6 is 0 Å². The summed E-state index contributed by atoms with van der Waals surface area (Å²) < 4.78 is 6.91. The number of tetrazole rings is 1. The molecule has 0 spiro atoms. The predicted octanol–water partition coefficient (Wildman–Crippen LogP) is 2.82. The van der Waals surface area contributed by atoms with Crippen LogP contribution < -0.4 is 4.74 Å². The second kappa shape index (κ2) is 7.04. The Morgan fingerprint density at radius 1 is 1.12 bits per heavy atom. The van der Waals surface area contributed by atoms with Crippen molar-refractivity contribution in [3.05, 3.63) is 65.5 Å². The number of hydrogen-bond acceptors (Lipinski definition) is 5. The number of aromatic nitrogens is 4. The number of benzene rings is 2. The number of rotatable bonds is 5. The normalized spacial score (nSPS) is 10.6. The fraction of sp³-hybridized carbons (Fsp3) is 0.222. The first-order valence-corrected chi connectivity index (χ1v) is 7.72. The maximum absolute atomic E-state index is 12.0. The molecule has 0 fully saturated rings. The van der Waals surface area contributed by atoms with Crippen LogP contribution in [-0.2, 0) is 11.2 Å². The van der Waals surface area contributed by atoms with E-state index in [9.17, 15) is 4.79 Å². The lowest BCUT2D eigenvalue weighted by molar-refractivity contribution is -0.134. The fourth-order valence-corrected chi connectivity index (χ4v) is 2.49. The first-order valence-electron chi connectivity index (χ1n) is 7.72.